The van der Waals surface area contributed by atoms with Gasteiger partial charge in [0.15, 0.2) is 0 Å². The topological polar surface area (TPSA) is 34.1 Å². The lowest BCUT2D eigenvalue weighted by atomic mass is 9.97. The lowest BCUT2D eigenvalue weighted by Gasteiger charge is -2.14. The Morgan fingerprint density at radius 2 is 2.06 bits per heavy atom. The van der Waals surface area contributed by atoms with Gasteiger partial charge in [-0.15, -0.1) is 11.6 Å². The molecule has 0 N–H and O–H groups in total. The summed E-state index contributed by atoms with van der Waals surface area (Å²) in [6, 6.07) is 8.06. The Morgan fingerprint density at radius 3 is 2.56 bits per heavy atom. The minimum Gasteiger partial charge on any atom is -0.229 e. The Kier molecular flexibility index (Phi) is 4.81. The zero-order chi connectivity index (χ0) is 12.2. The Hall–Kier alpha value is -0.540. The monoisotopic (exact) mass is 260 g/mol. The van der Waals surface area contributed by atoms with Gasteiger partial charge in [-0.1, -0.05) is 29.8 Å². The normalized spacial score (nSPS) is 13.7. The highest BCUT2D eigenvalue weighted by atomic mass is 35.5. The molecule has 0 heterocycles. The molecule has 0 aliphatic heterocycles. The number of benzene rings is 1. The first kappa shape index (κ1) is 13.5. The van der Waals surface area contributed by atoms with Crippen LogP contribution in [0, 0.1) is 6.92 Å². The SMILES string of the molecule is Cc1cccc(C(CCl)CCS(C)(=O)=O)c1. The molecule has 0 spiro atoms. The van der Waals surface area contributed by atoms with Crippen molar-refractivity contribution in [1.82, 2.24) is 0 Å². The van der Waals surface area contributed by atoms with Crippen molar-refractivity contribution in [2.45, 2.75) is 19.3 Å². The van der Waals surface area contributed by atoms with Crippen LogP contribution < -0.4 is 0 Å². The number of aryl methyl sites for hydroxylation is 1. The van der Waals surface area contributed by atoms with Gasteiger partial charge in [-0.05, 0) is 24.8 Å². The number of alkyl halides is 1. The summed E-state index contributed by atoms with van der Waals surface area (Å²) in [4.78, 5) is 0. The van der Waals surface area contributed by atoms with Crippen LogP contribution in [0.5, 0.6) is 0 Å². The number of hydrogen-bond donors (Lipinski definition) is 0. The summed E-state index contributed by atoms with van der Waals surface area (Å²) >= 11 is 5.89. The number of hydrogen-bond acceptors (Lipinski definition) is 2. The lowest BCUT2D eigenvalue weighted by Crippen LogP contribution is -2.10. The second-order valence-electron chi connectivity index (χ2n) is 4.18. The van der Waals surface area contributed by atoms with Crippen LogP contribution in [-0.2, 0) is 9.84 Å². The van der Waals surface area contributed by atoms with Crippen LogP contribution in [0.1, 0.15) is 23.5 Å². The lowest BCUT2D eigenvalue weighted by molar-refractivity contribution is 0.594. The van der Waals surface area contributed by atoms with Gasteiger partial charge in [0.1, 0.15) is 9.84 Å². The Bertz CT molecular complexity index is 440. The van der Waals surface area contributed by atoms with Gasteiger partial charge in [-0.3, -0.25) is 0 Å². The van der Waals surface area contributed by atoms with Gasteiger partial charge in [0.25, 0.3) is 0 Å². The highest BCUT2D eigenvalue weighted by Crippen LogP contribution is 2.22. The highest BCUT2D eigenvalue weighted by molar-refractivity contribution is 7.90. The van der Waals surface area contributed by atoms with Gasteiger partial charge in [0.05, 0.1) is 5.75 Å². The number of sulfone groups is 1. The minimum atomic E-state index is -2.91. The third-order valence-corrected chi connectivity index (χ3v) is 3.89. The summed E-state index contributed by atoms with van der Waals surface area (Å²) < 4.78 is 22.2. The molecule has 2 nitrogen and oxygen atoms in total. The fourth-order valence-electron chi connectivity index (χ4n) is 1.61. The van der Waals surface area contributed by atoms with Gasteiger partial charge >= 0.3 is 0 Å². The molecule has 1 rings (SSSR count). The van der Waals surface area contributed by atoms with Crippen LogP contribution in [0.15, 0.2) is 24.3 Å². The zero-order valence-corrected chi connectivity index (χ0v) is 11.2. The quantitative estimate of drug-likeness (QED) is 0.763. The average molecular weight is 261 g/mol. The first-order valence-electron chi connectivity index (χ1n) is 5.22. The van der Waals surface area contributed by atoms with E-state index in [1.165, 1.54) is 11.8 Å². The molecule has 0 saturated heterocycles. The molecule has 1 aromatic carbocycles. The van der Waals surface area contributed by atoms with Gasteiger partial charge in [-0.2, -0.15) is 0 Å². The maximum absolute atomic E-state index is 11.1. The second kappa shape index (κ2) is 5.69. The minimum absolute atomic E-state index is 0.122. The first-order chi connectivity index (χ1) is 7.42. The maximum atomic E-state index is 11.1. The molecule has 90 valence electrons. The van der Waals surface area contributed by atoms with Crippen LogP contribution in [0.3, 0.4) is 0 Å². The van der Waals surface area contributed by atoms with E-state index < -0.39 is 9.84 Å². The molecule has 1 atom stereocenters. The van der Waals surface area contributed by atoms with E-state index in [9.17, 15) is 8.42 Å². The predicted molar refractivity (Wildman–Crippen MR) is 69.0 cm³/mol. The predicted octanol–water partition coefficient (Wildman–Crippen LogP) is 2.75. The summed E-state index contributed by atoms with van der Waals surface area (Å²) in [5.74, 6) is 0.772. The number of halogens is 1. The van der Waals surface area contributed by atoms with Crippen molar-refractivity contribution in [3.8, 4) is 0 Å². The van der Waals surface area contributed by atoms with Crippen molar-refractivity contribution in [3.63, 3.8) is 0 Å². The van der Waals surface area contributed by atoms with Crippen LogP contribution in [0.25, 0.3) is 0 Å². The van der Waals surface area contributed by atoms with Crippen LogP contribution >= 0.6 is 11.6 Å². The van der Waals surface area contributed by atoms with Crippen molar-refractivity contribution < 1.29 is 8.42 Å². The second-order valence-corrected chi connectivity index (χ2v) is 6.75. The maximum Gasteiger partial charge on any atom is 0.147 e. The summed E-state index contributed by atoms with van der Waals surface area (Å²) in [5.41, 5.74) is 2.30. The third kappa shape index (κ3) is 4.54. The van der Waals surface area contributed by atoms with Crippen molar-refractivity contribution in [3.05, 3.63) is 35.4 Å². The van der Waals surface area contributed by atoms with E-state index in [4.69, 9.17) is 11.6 Å². The molecule has 0 amide bonds. The molecule has 0 fully saturated rings. The third-order valence-electron chi connectivity index (χ3n) is 2.54. The molecule has 16 heavy (non-hydrogen) atoms. The fraction of sp³-hybridized carbons (Fsp3) is 0.500. The first-order valence-corrected chi connectivity index (χ1v) is 7.82. The fourth-order valence-corrected chi connectivity index (χ4v) is 2.66. The van der Waals surface area contributed by atoms with Crippen LogP contribution in [-0.4, -0.2) is 26.3 Å². The highest BCUT2D eigenvalue weighted by Gasteiger charge is 2.13. The Balaban J connectivity index is 2.75. The van der Waals surface area contributed by atoms with Crippen LogP contribution in [0.4, 0.5) is 0 Å². The molecular formula is C12H17ClO2S. The average Bonchev–Trinajstić information content (AvgIpc) is 2.17. The van der Waals surface area contributed by atoms with E-state index in [1.807, 2.05) is 25.1 Å². The molecule has 0 aliphatic rings. The van der Waals surface area contributed by atoms with Gasteiger partial charge in [0, 0.05) is 12.1 Å². The van der Waals surface area contributed by atoms with E-state index in [-0.39, 0.29) is 11.7 Å². The molecule has 0 aromatic heterocycles. The molecule has 0 aliphatic carbocycles. The van der Waals surface area contributed by atoms with E-state index >= 15 is 0 Å². The van der Waals surface area contributed by atoms with E-state index in [0.29, 0.717) is 12.3 Å². The van der Waals surface area contributed by atoms with Crippen molar-refractivity contribution >= 4 is 21.4 Å². The molecular weight excluding hydrogens is 244 g/mol. The summed E-state index contributed by atoms with van der Waals surface area (Å²) in [5, 5.41) is 0. The van der Waals surface area contributed by atoms with Gasteiger partial charge < -0.3 is 0 Å². The van der Waals surface area contributed by atoms with Crippen molar-refractivity contribution in [2.75, 3.05) is 17.9 Å². The molecule has 1 unspecified atom stereocenters. The summed E-state index contributed by atoms with van der Waals surface area (Å²) in [6.45, 7) is 2.02. The molecule has 0 bridgehead atoms. The van der Waals surface area contributed by atoms with E-state index in [0.717, 1.165) is 5.56 Å². The molecule has 1 aromatic rings. The van der Waals surface area contributed by atoms with Crippen molar-refractivity contribution in [1.29, 1.82) is 0 Å². The molecule has 0 radical (unpaired) electrons. The van der Waals surface area contributed by atoms with E-state index in [2.05, 4.69) is 6.07 Å². The van der Waals surface area contributed by atoms with Gasteiger partial charge in [-0.25, -0.2) is 8.42 Å². The van der Waals surface area contributed by atoms with Gasteiger partial charge in [0.2, 0.25) is 0 Å². The van der Waals surface area contributed by atoms with Crippen LogP contribution in [0.2, 0.25) is 0 Å². The van der Waals surface area contributed by atoms with Crippen molar-refractivity contribution in [2.24, 2.45) is 0 Å². The smallest absolute Gasteiger partial charge is 0.147 e. The zero-order valence-electron chi connectivity index (χ0n) is 9.61. The molecule has 0 saturated carbocycles. The Morgan fingerprint density at radius 1 is 1.38 bits per heavy atom. The molecule has 4 heteroatoms. The summed E-state index contributed by atoms with van der Waals surface area (Å²) in [6.07, 6.45) is 1.85. The number of rotatable bonds is 5. The largest absolute Gasteiger partial charge is 0.229 e. The Labute approximate surface area is 103 Å². The standard InChI is InChI=1S/C12H17ClO2S/c1-10-4-3-5-11(8-10)12(9-13)6-7-16(2,14)15/h3-5,8,12H,6-7,9H2,1-2H3. The summed E-state index contributed by atoms with van der Waals surface area (Å²) in [7, 11) is -2.91. The van der Waals surface area contributed by atoms with E-state index in [1.54, 1.807) is 0 Å².